The van der Waals surface area contributed by atoms with Crippen molar-refractivity contribution < 1.29 is 9.53 Å². The fourth-order valence-electron chi connectivity index (χ4n) is 2.66. The fraction of sp³-hybridized carbons (Fsp3) is 0.412. The first-order chi connectivity index (χ1) is 10.8. The summed E-state index contributed by atoms with van der Waals surface area (Å²) in [6, 6.07) is 7.50. The second-order valence-electron chi connectivity index (χ2n) is 6.60. The second kappa shape index (κ2) is 5.89. The van der Waals surface area contributed by atoms with Gasteiger partial charge in [0.05, 0.1) is 23.3 Å². The van der Waals surface area contributed by atoms with Crippen molar-refractivity contribution in [1.82, 2.24) is 9.78 Å². The fourth-order valence-corrected chi connectivity index (χ4v) is 2.79. The Balaban J connectivity index is 1.92. The Morgan fingerprint density at radius 1 is 1.26 bits per heavy atom. The molecule has 2 heterocycles. The zero-order valence-corrected chi connectivity index (χ0v) is 14.3. The molecule has 0 saturated heterocycles. The molecule has 2 aromatic rings. The van der Waals surface area contributed by atoms with E-state index in [-0.39, 0.29) is 6.09 Å². The molecule has 1 aliphatic heterocycles. The van der Waals surface area contributed by atoms with Crippen molar-refractivity contribution in [2.24, 2.45) is 0 Å². The SMILES string of the molecule is CC(C)(C)OC(=O)N1CCCc2c1cnn2-c1ccc(Cl)cc1. The van der Waals surface area contributed by atoms with Crippen molar-refractivity contribution in [3.8, 4) is 5.69 Å². The lowest BCUT2D eigenvalue weighted by atomic mass is 10.1. The summed E-state index contributed by atoms with van der Waals surface area (Å²) in [7, 11) is 0. The number of aromatic nitrogens is 2. The Bertz CT molecular complexity index is 716. The molecule has 1 aliphatic rings. The van der Waals surface area contributed by atoms with Gasteiger partial charge in [-0.1, -0.05) is 11.6 Å². The van der Waals surface area contributed by atoms with Crippen LogP contribution in [0.3, 0.4) is 0 Å². The van der Waals surface area contributed by atoms with Crippen molar-refractivity contribution in [1.29, 1.82) is 0 Å². The Hall–Kier alpha value is -2.01. The number of fused-ring (bicyclic) bond motifs is 1. The maximum absolute atomic E-state index is 12.4. The Labute approximate surface area is 140 Å². The summed E-state index contributed by atoms with van der Waals surface area (Å²) in [6.07, 6.45) is 3.16. The van der Waals surface area contributed by atoms with Gasteiger partial charge in [-0.15, -0.1) is 0 Å². The highest BCUT2D eigenvalue weighted by Crippen LogP contribution is 2.30. The van der Waals surface area contributed by atoms with E-state index in [1.54, 1.807) is 11.1 Å². The van der Waals surface area contributed by atoms with Gasteiger partial charge >= 0.3 is 6.09 Å². The summed E-state index contributed by atoms with van der Waals surface area (Å²) < 4.78 is 7.36. The van der Waals surface area contributed by atoms with Gasteiger partial charge in [-0.2, -0.15) is 5.10 Å². The largest absolute Gasteiger partial charge is 0.443 e. The molecule has 5 nitrogen and oxygen atoms in total. The Kier molecular flexibility index (Phi) is 4.06. The third-order valence-corrected chi connectivity index (χ3v) is 3.87. The van der Waals surface area contributed by atoms with Crippen LogP contribution >= 0.6 is 11.6 Å². The number of anilines is 1. The first kappa shape index (κ1) is 15.9. The van der Waals surface area contributed by atoms with E-state index in [0.29, 0.717) is 11.6 Å². The summed E-state index contributed by atoms with van der Waals surface area (Å²) >= 11 is 5.94. The van der Waals surface area contributed by atoms with Crippen molar-refractivity contribution in [2.75, 3.05) is 11.4 Å². The number of halogens is 1. The van der Waals surface area contributed by atoms with Crippen molar-refractivity contribution >= 4 is 23.4 Å². The van der Waals surface area contributed by atoms with Gasteiger partial charge in [-0.25, -0.2) is 9.48 Å². The van der Waals surface area contributed by atoms with Gasteiger partial charge in [0.2, 0.25) is 0 Å². The summed E-state index contributed by atoms with van der Waals surface area (Å²) in [5, 5.41) is 5.14. The quantitative estimate of drug-likeness (QED) is 0.785. The molecule has 1 aromatic heterocycles. The number of carbonyl (C=O) groups excluding carboxylic acids is 1. The molecule has 0 N–H and O–H groups in total. The van der Waals surface area contributed by atoms with E-state index in [1.807, 2.05) is 49.7 Å². The normalized spacial score (nSPS) is 14.5. The van der Waals surface area contributed by atoms with Gasteiger partial charge in [-0.05, 0) is 57.9 Å². The smallest absolute Gasteiger partial charge is 0.414 e. The molecule has 122 valence electrons. The molecule has 0 aliphatic carbocycles. The molecular formula is C17H20ClN3O2. The number of hydrogen-bond acceptors (Lipinski definition) is 3. The third-order valence-electron chi connectivity index (χ3n) is 3.62. The minimum Gasteiger partial charge on any atom is -0.443 e. The molecule has 0 radical (unpaired) electrons. The van der Waals surface area contributed by atoms with Crippen LogP contribution in [-0.4, -0.2) is 28.0 Å². The number of carbonyl (C=O) groups is 1. The first-order valence-corrected chi connectivity index (χ1v) is 8.06. The molecule has 1 aromatic carbocycles. The summed E-state index contributed by atoms with van der Waals surface area (Å²) in [6.45, 7) is 6.25. The maximum atomic E-state index is 12.4. The predicted octanol–water partition coefficient (Wildman–Crippen LogP) is 4.21. The zero-order chi connectivity index (χ0) is 16.6. The van der Waals surface area contributed by atoms with Crippen LogP contribution in [0.2, 0.25) is 5.02 Å². The maximum Gasteiger partial charge on any atom is 0.414 e. The van der Waals surface area contributed by atoms with E-state index in [1.165, 1.54) is 0 Å². The van der Waals surface area contributed by atoms with Crippen LogP contribution in [0, 0.1) is 0 Å². The van der Waals surface area contributed by atoms with Gasteiger partial charge in [0.15, 0.2) is 0 Å². The lowest BCUT2D eigenvalue weighted by Crippen LogP contribution is -2.39. The van der Waals surface area contributed by atoms with Crippen molar-refractivity contribution in [3.63, 3.8) is 0 Å². The van der Waals surface area contributed by atoms with Crippen molar-refractivity contribution in [3.05, 3.63) is 41.2 Å². The molecule has 6 heteroatoms. The molecule has 0 fully saturated rings. The average molecular weight is 334 g/mol. The van der Waals surface area contributed by atoms with Crippen LogP contribution in [0.15, 0.2) is 30.5 Å². The number of nitrogens with zero attached hydrogens (tertiary/aromatic N) is 3. The highest BCUT2D eigenvalue weighted by molar-refractivity contribution is 6.30. The molecule has 23 heavy (non-hydrogen) atoms. The summed E-state index contributed by atoms with van der Waals surface area (Å²) in [4.78, 5) is 14.1. The van der Waals surface area contributed by atoms with Crippen LogP contribution in [0.25, 0.3) is 5.69 Å². The van der Waals surface area contributed by atoms with Gasteiger partial charge in [0.25, 0.3) is 0 Å². The van der Waals surface area contributed by atoms with E-state index >= 15 is 0 Å². The number of rotatable bonds is 1. The van der Waals surface area contributed by atoms with Gasteiger partial charge < -0.3 is 4.74 Å². The second-order valence-corrected chi connectivity index (χ2v) is 7.04. The molecule has 0 spiro atoms. The van der Waals surface area contributed by atoms with Crippen LogP contribution in [0.1, 0.15) is 32.9 Å². The molecular weight excluding hydrogens is 314 g/mol. The van der Waals surface area contributed by atoms with Crippen LogP contribution in [0.4, 0.5) is 10.5 Å². The van der Waals surface area contributed by atoms with Crippen LogP contribution < -0.4 is 4.90 Å². The van der Waals surface area contributed by atoms with E-state index in [2.05, 4.69) is 5.10 Å². The van der Waals surface area contributed by atoms with E-state index < -0.39 is 5.60 Å². The summed E-state index contributed by atoms with van der Waals surface area (Å²) in [5.74, 6) is 0. The molecule has 0 bridgehead atoms. The van der Waals surface area contributed by atoms with Gasteiger partial charge in [-0.3, -0.25) is 4.90 Å². The number of benzene rings is 1. The Morgan fingerprint density at radius 2 is 1.96 bits per heavy atom. The lowest BCUT2D eigenvalue weighted by molar-refractivity contribution is 0.0577. The van der Waals surface area contributed by atoms with Gasteiger partial charge in [0.1, 0.15) is 5.60 Å². The standard InChI is InChI=1S/C17H20ClN3O2/c1-17(2,3)23-16(22)20-10-4-5-14-15(20)11-19-21(14)13-8-6-12(18)7-9-13/h6-9,11H,4-5,10H2,1-3H3. The van der Waals surface area contributed by atoms with Gasteiger partial charge in [0, 0.05) is 11.6 Å². The minimum atomic E-state index is -0.513. The third kappa shape index (κ3) is 3.34. The molecule has 0 saturated carbocycles. The summed E-state index contributed by atoms with van der Waals surface area (Å²) in [5.41, 5.74) is 2.26. The predicted molar refractivity (Wildman–Crippen MR) is 90.5 cm³/mol. The van der Waals surface area contributed by atoms with E-state index in [0.717, 1.165) is 29.9 Å². The van der Waals surface area contributed by atoms with E-state index in [4.69, 9.17) is 16.3 Å². The first-order valence-electron chi connectivity index (χ1n) is 7.68. The monoisotopic (exact) mass is 333 g/mol. The molecule has 3 rings (SSSR count). The van der Waals surface area contributed by atoms with E-state index in [9.17, 15) is 4.79 Å². The average Bonchev–Trinajstić information content (AvgIpc) is 2.90. The highest BCUT2D eigenvalue weighted by Gasteiger charge is 2.30. The number of amides is 1. The number of hydrogen-bond donors (Lipinski definition) is 0. The zero-order valence-electron chi connectivity index (χ0n) is 13.5. The molecule has 0 atom stereocenters. The minimum absolute atomic E-state index is 0.325. The lowest BCUT2D eigenvalue weighted by Gasteiger charge is -2.30. The number of ether oxygens (including phenoxy) is 1. The van der Waals surface area contributed by atoms with Crippen LogP contribution in [0.5, 0.6) is 0 Å². The van der Waals surface area contributed by atoms with Crippen LogP contribution in [-0.2, 0) is 11.2 Å². The Morgan fingerprint density at radius 3 is 2.61 bits per heavy atom. The topological polar surface area (TPSA) is 47.4 Å². The highest BCUT2D eigenvalue weighted by atomic mass is 35.5. The van der Waals surface area contributed by atoms with Crippen molar-refractivity contribution in [2.45, 2.75) is 39.2 Å². The molecule has 0 unspecified atom stereocenters. The molecule has 1 amide bonds.